The molecule has 4 rings (SSSR count). The zero-order chi connectivity index (χ0) is 19.0. The monoisotopic (exact) mass is 360 g/mol. The van der Waals surface area contributed by atoms with Crippen molar-refractivity contribution in [3.8, 4) is 0 Å². The number of hydrogen-bond acceptors (Lipinski definition) is 2. The average Bonchev–Trinajstić information content (AvgIpc) is 3.22. The molecule has 1 saturated carbocycles. The maximum Gasteiger partial charge on any atom is 0.0227 e. The molecule has 2 nitrogen and oxygen atoms in total. The fraction of sp³-hybridized carbons (Fsp3) is 0.440. The molecule has 0 heterocycles. The Bertz CT molecular complexity index is 777. The van der Waals surface area contributed by atoms with Gasteiger partial charge in [-0.1, -0.05) is 48.5 Å². The summed E-state index contributed by atoms with van der Waals surface area (Å²) in [7, 11) is 8.58. The Morgan fingerprint density at radius 3 is 1.56 bits per heavy atom. The molecule has 142 valence electrons. The molecule has 2 aliphatic rings. The molecule has 0 N–H and O–H groups in total. The van der Waals surface area contributed by atoms with Gasteiger partial charge in [-0.2, -0.15) is 0 Å². The minimum Gasteiger partial charge on any atom is -0.305 e. The highest BCUT2D eigenvalue weighted by atomic mass is 15.1. The molecular formula is C25H32N2. The van der Waals surface area contributed by atoms with Crippen LogP contribution in [0.5, 0.6) is 0 Å². The van der Waals surface area contributed by atoms with Gasteiger partial charge in [-0.25, -0.2) is 0 Å². The van der Waals surface area contributed by atoms with Gasteiger partial charge in [-0.3, -0.25) is 0 Å². The van der Waals surface area contributed by atoms with Gasteiger partial charge in [0.05, 0.1) is 0 Å². The van der Waals surface area contributed by atoms with Crippen LogP contribution in [-0.4, -0.2) is 38.0 Å². The predicted molar refractivity (Wildman–Crippen MR) is 115 cm³/mol. The van der Waals surface area contributed by atoms with Gasteiger partial charge in [-0.05, 0) is 92.7 Å². The second-order valence-electron chi connectivity index (χ2n) is 8.91. The fourth-order valence-corrected chi connectivity index (χ4v) is 5.13. The lowest BCUT2D eigenvalue weighted by Crippen LogP contribution is -2.11. The van der Waals surface area contributed by atoms with Crippen LogP contribution < -0.4 is 0 Å². The topological polar surface area (TPSA) is 6.48 Å². The first kappa shape index (κ1) is 18.5. The van der Waals surface area contributed by atoms with Crippen molar-refractivity contribution < 1.29 is 0 Å². The van der Waals surface area contributed by atoms with E-state index in [2.05, 4.69) is 86.5 Å². The number of allylic oxidation sites excluding steroid dienone is 2. The number of hydrogen-bond donors (Lipinski definition) is 0. The Balaban J connectivity index is 1.76. The molecule has 0 aromatic heterocycles. The summed E-state index contributed by atoms with van der Waals surface area (Å²) in [4.78, 5) is 4.50. The minimum atomic E-state index is 0.747. The van der Waals surface area contributed by atoms with E-state index in [-0.39, 0.29) is 0 Å². The second-order valence-corrected chi connectivity index (χ2v) is 8.91. The normalized spacial score (nSPS) is 21.7. The Hall–Kier alpha value is -1.90. The van der Waals surface area contributed by atoms with Crippen LogP contribution in [0.3, 0.4) is 0 Å². The van der Waals surface area contributed by atoms with E-state index in [1.54, 1.807) is 11.1 Å². The summed E-state index contributed by atoms with van der Waals surface area (Å²) in [5.41, 5.74) is 8.99. The summed E-state index contributed by atoms with van der Waals surface area (Å²) in [5.74, 6) is 1.49. The van der Waals surface area contributed by atoms with E-state index in [0.717, 1.165) is 24.9 Å². The molecule has 0 radical (unpaired) electrons. The predicted octanol–water partition coefficient (Wildman–Crippen LogP) is 5.15. The van der Waals surface area contributed by atoms with Gasteiger partial charge in [0.15, 0.2) is 0 Å². The maximum atomic E-state index is 2.43. The van der Waals surface area contributed by atoms with E-state index < -0.39 is 0 Å². The summed E-state index contributed by atoms with van der Waals surface area (Å²) in [6.45, 7) is 2.01. The summed E-state index contributed by atoms with van der Waals surface area (Å²) in [6, 6.07) is 18.5. The third kappa shape index (κ3) is 3.88. The molecule has 2 unspecified atom stereocenters. The standard InChI is InChI=1S/C25H32N2/c1-26(2)16-18-7-5-9-20(13-18)24-22-11-12-23(15-22)25(24)21-10-6-8-19(14-21)17-27(3)4/h5-10,13-14,22-23H,11-12,15-17H2,1-4H3. The SMILES string of the molecule is CN(C)Cc1cccc(C2=C(c3cccc(CN(C)C)c3)C3CCC2C3)c1. The van der Waals surface area contributed by atoms with E-state index >= 15 is 0 Å². The molecular weight excluding hydrogens is 328 g/mol. The molecule has 0 amide bonds. The third-order valence-corrected chi connectivity index (χ3v) is 6.01. The first-order chi connectivity index (χ1) is 13.0. The first-order valence-corrected chi connectivity index (χ1v) is 10.2. The highest BCUT2D eigenvalue weighted by molar-refractivity contribution is 5.96. The van der Waals surface area contributed by atoms with Gasteiger partial charge in [0, 0.05) is 13.1 Å². The number of nitrogens with zero attached hydrogens (tertiary/aromatic N) is 2. The molecule has 0 spiro atoms. The van der Waals surface area contributed by atoms with Crippen LogP contribution in [0, 0.1) is 11.8 Å². The summed E-state index contributed by atoms with van der Waals surface area (Å²) < 4.78 is 0. The van der Waals surface area contributed by atoms with Gasteiger partial charge in [-0.15, -0.1) is 0 Å². The molecule has 2 aromatic carbocycles. The summed E-state index contributed by atoms with van der Waals surface area (Å²) >= 11 is 0. The first-order valence-electron chi connectivity index (χ1n) is 10.2. The van der Waals surface area contributed by atoms with Crippen LogP contribution in [0.1, 0.15) is 41.5 Å². The van der Waals surface area contributed by atoms with Crippen molar-refractivity contribution in [3.05, 3.63) is 70.8 Å². The lowest BCUT2D eigenvalue weighted by molar-refractivity contribution is 0.402. The molecule has 1 fully saturated rings. The number of benzene rings is 2. The van der Waals surface area contributed by atoms with Crippen LogP contribution in [0.4, 0.5) is 0 Å². The van der Waals surface area contributed by atoms with Crippen LogP contribution in [0.15, 0.2) is 48.5 Å². The molecule has 27 heavy (non-hydrogen) atoms. The lowest BCUT2D eigenvalue weighted by atomic mass is 9.83. The van der Waals surface area contributed by atoms with Crippen molar-refractivity contribution in [2.45, 2.75) is 32.4 Å². The Morgan fingerprint density at radius 1 is 0.704 bits per heavy atom. The van der Waals surface area contributed by atoms with E-state index in [1.807, 2.05) is 0 Å². The average molecular weight is 361 g/mol. The van der Waals surface area contributed by atoms with E-state index in [4.69, 9.17) is 0 Å². The third-order valence-electron chi connectivity index (χ3n) is 6.01. The van der Waals surface area contributed by atoms with Gasteiger partial charge in [0.1, 0.15) is 0 Å². The summed E-state index contributed by atoms with van der Waals surface area (Å²) in [6.07, 6.45) is 4.07. The van der Waals surface area contributed by atoms with E-state index in [1.165, 1.54) is 41.5 Å². The van der Waals surface area contributed by atoms with Crippen LogP contribution in [0.25, 0.3) is 11.1 Å². The number of fused-ring (bicyclic) bond motifs is 2. The number of rotatable bonds is 6. The smallest absolute Gasteiger partial charge is 0.0227 e. The molecule has 2 heteroatoms. The van der Waals surface area contributed by atoms with Crippen molar-refractivity contribution in [3.63, 3.8) is 0 Å². The molecule has 2 aliphatic carbocycles. The quantitative estimate of drug-likeness (QED) is 0.703. The van der Waals surface area contributed by atoms with Crippen molar-refractivity contribution in [2.24, 2.45) is 11.8 Å². The maximum absolute atomic E-state index is 2.43. The van der Waals surface area contributed by atoms with Gasteiger partial charge in [0.2, 0.25) is 0 Å². The largest absolute Gasteiger partial charge is 0.305 e. The van der Waals surface area contributed by atoms with E-state index in [0.29, 0.717) is 0 Å². The van der Waals surface area contributed by atoms with Gasteiger partial charge >= 0.3 is 0 Å². The molecule has 2 bridgehead atoms. The molecule has 2 atom stereocenters. The Kier molecular flexibility index (Phi) is 5.21. The van der Waals surface area contributed by atoms with Crippen molar-refractivity contribution in [1.29, 1.82) is 0 Å². The Labute approximate surface area is 164 Å². The molecule has 0 saturated heterocycles. The van der Waals surface area contributed by atoms with Crippen molar-refractivity contribution in [1.82, 2.24) is 9.80 Å². The highest BCUT2D eigenvalue weighted by Gasteiger charge is 2.40. The van der Waals surface area contributed by atoms with Crippen LogP contribution >= 0.6 is 0 Å². The van der Waals surface area contributed by atoms with Crippen LogP contribution in [-0.2, 0) is 13.1 Å². The summed E-state index contributed by atoms with van der Waals surface area (Å²) in [5, 5.41) is 0. The van der Waals surface area contributed by atoms with Gasteiger partial charge in [0.25, 0.3) is 0 Å². The molecule has 2 aromatic rings. The second kappa shape index (κ2) is 7.61. The zero-order valence-electron chi connectivity index (χ0n) is 17.2. The lowest BCUT2D eigenvalue weighted by Gasteiger charge is -2.22. The van der Waals surface area contributed by atoms with Crippen molar-refractivity contribution >= 4 is 11.1 Å². The fourth-order valence-electron chi connectivity index (χ4n) is 5.13. The zero-order valence-corrected chi connectivity index (χ0v) is 17.2. The van der Waals surface area contributed by atoms with E-state index in [9.17, 15) is 0 Å². The minimum absolute atomic E-state index is 0.747. The van der Waals surface area contributed by atoms with Crippen LogP contribution in [0.2, 0.25) is 0 Å². The van der Waals surface area contributed by atoms with Gasteiger partial charge < -0.3 is 9.80 Å². The van der Waals surface area contributed by atoms with Crippen molar-refractivity contribution in [2.75, 3.05) is 28.2 Å². The Morgan fingerprint density at radius 2 is 1.15 bits per heavy atom. The molecule has 0 aliphatic heterocycles. The highest BCUT2D eigenvalue weighted by Crippen LogP contribution is 2.56.